The Morgan fingerprint density at radius 2 is 1.67 bits per heavy atom. The van der Waals surface area contributed by atoms with E-state index < -0.39 is 0 Å². The molecule has 0 unspecified atom stereocenters. The number of benzene rings is 2. The zero-order valence-corrected chi connectivity index (χ0v) is 13.9. The minimum Gasteiger partial charge on any atom is -0.495 e. The van der Waals surface area contributed by atoms with Crippen molar-refractivity contribution >= 4 is 23.1 Å². The molecule has 0 aliphatic carbocycles. The Labute approximate surface area is 142 Å². The van der Waals surface area contributed by atoms with Gasteiger partial charge in [-0.2, -0.15) is 0 Å². The average Bonchev–Trinajstić information content (AvgIpc) is 2.63. The summed E-state index contributed by atoms with van der Waals surface area (Å²) in [6, 6.07) is 15.0. The van der Waals surface area contributed by atoms with Gasteiger partial charge in [-0.05, 0) is 55.7 Å². The smallest absolute Gasteiger partial charge is 0.323 e. The number of urea groups is 1. The van der Waals surface area contributed by atoms with Crippen molar-refractivity contribution in [1.29, 1.82) is 0 Å². The van der Waals surface area contributed by atoms with Gasteiger partial charge in [0.25, 0.3) is 0 Å². The fraction of sp³-hybridized carbons (Fsp3) is 0.316. The van der Waals surface area contributed by atoms with Crippen molar-refractivity contribution in [1.82, 2.24) is 0 Å². The average molecular weight is 325 g/mol. The molecule has 0 saturated carbocycles. The summed E-state index contributed by atoms with van der Waals surface area (Å²) in [6.45, 7) is 2.22. The number of ether oxygens (including phenoxy) is 1. The van der Waals surface area contributed by atoms with Crippen molar-refractivity contribution < 1.29 is 9.53 Å². The van der Waals surface area contributed by atoms with Gasteiger partial charge in [0.1, 0.15) is 5.75 Å². The van der Waals surface area contributed by atoms with Crippen molar-refractivity contribution in [3.63, 3.8) is 0 Å². The lowest BCUT2D eigenvalue weighted by Crippen LogP contribution is -2.29. The molecule has 5 nitrogen and oxygen atoms in total. The number of amides is 2. The molecule has 0 atom stereocenters. The van der Waals surface area contributed by atoms with Gasteiger partial charge in [0.05, 0.1) is 12.8 Å². The molecule has 0 aromatic heterocycles. The second-order valence-electron chi connectivity index (χ2n) is 5.87. The Bertz CT molecular complexity index is 679. The van der Waals surface area contributed by atoms with Crippen LogP contribution in [0.1, 0.15) is 19.3 Å². The van der Waals surface area contributed by atoms with Gasteiger partial charge in [0.2, 0.25) is 0 Å². The highest BCUT2D eigenvalue weighted by atomic mass is 16.5. The second-order valence-corrected chi connectivity index (χ2v) is 5.87. The van der Waals surface area contributed by atoms with Crippen LogP contribution in [0.25, 0.3) is 0 Å². The first-order valence-electron chi connectivity index (χ1n) is 8.32. The summed E-state index contributed by atoms with van der Waals surface area (Å²) in [6.07, 6.45) is 3.82. The first-order valence-corrected chi connectivity index (χ1v) is 8.32. The molecule has 24 heavy (non-hydrogen) atoms. The highest BCUT2D eigenvalue weighted by Crippen LogP contribution is 2.24. The number of carbonyl (C=O) groups excluding carboxylic acids is 1. The molecule has 0 radical (unpaired) electrons. The zero-order valence-electron chi connectivity index (χ0n) is 13.9. The van der Waals surface area contributed by atoms with E-state index in [0.29, 0.717) is 11.4 Å². The monoisotopic (exact) mass is 325 g/mol. The number of carbonyl (C=O) groups is 1. The van der Waals surface area contributed by atoms with Gasteiger partial charge in [-0.25, -0.2) is 4.79 Å². The fourth-order valence-corrected chi connectivity index (χ4v) is 2.94. The van der Waals surface area contributed by atoms with Gasteiger partial charge in [0.15, 0.2) is 0 Å². The van der Waals surface area contributed by atoms with Crippen LogP contribution in [0.15, 0.2) is 48.5 Å². The van der Waals surface area contributed by atoms with Gasteiger partial charge in [-0.1, -0.05) is 12.1 Å². The summed E-state index contributed by atoms with van der Waals surface area (Å²) in [5, 5.41) is 5.65. The number of hydrogen-bond donors (Lipinski definition) is 2. The molecule has 126 valence electrons. The second kappa shape index (κ2) is 7.73. The molecule has 1 fully saturated rings. The van der Waals surface area contributed by atoms with Crippen LogP contribution in [0.2, 0.25) is 0 Å². The highest BCUT2D eigenvalue weighted by Gasteiger charge is 2.11. The standard InChI is InChI=1S/C19H23N3O2/c1-24-18-8-4-3-7-17(18)21-19(23)20-15-9-11-16(12-10-15)22-13-5-2-6-14-22/h3-4,7-12H,2,5-6,13-14H2,1H3,(H2,20,21,23). The van der Waals surface area contributed by atoms with Gasteiger partial charge in [0, 0.05) is 24.5 Å². The summed E-state index contributed by atoms with van der Waals surface area (Å²) in [5.41, 5.74) is 2.62. The minimum atomic E-state index is -0.287. The van der Waals surface area contributed by atoms with Crippen molar-refractivity contribution in [2.75, 3.05) is 35.7 Å². The van der Waals surface area contributed by atoms with Crippen LogP contribution < -0.4 is 20.3 Å². The van der Waals surface area contributed by atoms with Crippen LogP contribution in [-0.2, 0) is 0 Å². The number of rotatable bonds is 4. The van der Waals surface area contributed by atoms with Crippen molar-refractivity contribution in [2.24, 2.45) is 0 Å². The van der Waals surface area contributed by atoms with Crippen LogP contribution in [0, 0.1) is 0 Å². The Kier molecular flexibility index (Phi) is 5.21. The molecule has 2 N–H and O–H groups in total. The maximum atomic E-state index is 12.1. The molecule has 2 amide bonds. The van der Waals surface area contributed by atoms with E-state index in [-0.39, 0.29) is 6.03 Å². The third kappa shape index (κ3) is 3.98. The lowest BCUT2D eigenvalue weighted by atomic mass is 10.1. The van der Waals surface area contributed by atoms with Crippen LogP contribution in [0.5, 0.6) is 5.75 Å². The quantitative estimate of drug-likeness (QED) is 0.880. The van der Waals surface area contributed by atoms with E-state index in [1.807, 2.05) is 30.3 Å². The van der Waals surface area contributed by atoms with Gasteiger partial charge in [-0.15, -0.1) is 0 Å². The topological polar surface area (TPSA) is 53.6 Å². The van der Waals surface area contributed by atoms with E-state index in [9.17, 15) is 4.79 Å². The maximum absolute atomic E-state index is 12.1. The van der Waals surface area contributed by atoms with Crippen LogP contribution in [0.3, 0.4) is 0 Å². The molecule has 1 heterocycles. The highest BCUT2D eigenvalue weighted by molar-refractivity contribution is 6.00. The normalized spacial score (nSPS) is 14.1. The zero-order chi connectivity index (χ0) is 16.8. The van der Waals surface area contributed by atoms with Crippen molar-refractivity contribution in [3.05, 3.63) is 48.5 Å². The molecule has 0 bridgehead atoms. The number of piperidine rings is 1. The van der Waals surface area contributed by atoms with Gasteiger partial charge < -0.3 is 20.3 Å². The largest absolute Gasteiger partial charge is 0.495 e. The lowest BCUT2D eigenvalue weighted by Gasteiger charge is -2.28. The molecule has 5 heteroatoms. The summed E-state index contributed by atoms with van der Waals surface area (Å²) >= 11 is 0. The minimum absolute atomic E-state index is 0.287. The third-order valence-corrected chi connectivity index (χ3v) is 4.20. The molecule has 1 aliphatic rings. The molecule has 3 rings (SSSR count). The Morgan fingerprint density at radius 3 is 2.38 bits per heavy atom. The van der Waals surface area contributed by atoms with Crippen LogP contribution in [0.4, 0.5) is 21.9 Å². The SMILES string of the molecule is COc1ccccc1NC(=O)Nc1ccc(N2CCCCC2)cc1. The molecule has 1 saturated heterocycles. The van der Waals surface area contributed by atoms with E-state index >= 15 is 0 Å². The number of hydrogen-bond acceptors (Lipinski definition) is 3. The molecular formula is C19H23N3O2. The number of methoxy groups -OCH3 is 1. The number of nitrogens with zero attached hydrogens (tertiary/aromatic N) is 1. The first kappa shape index (κ1) is 16.2. The third-order valence-electron chi connectivity index (χ3n) is 4.20. The summed E-state index contributed by atoms with van der Waals surface area (Å²) < 4.78 is 5.23. The Morgan fingerprint density at radius 1 is 0.958 bits per heavy atom. The van der Waals surface area contributed by atoms with E-state index in [0.717, 1.165) is 18.8 Å². The van der Waals surface area contributed by atoms with E-state index in [1.165, 1.54) is 24.9 Å². The summed E-state index contributed by atoms with van der Waals surface area (Å²) in [7, 11) is 1.58. The van der Waals surface area contributed by atoms with E-state index in [2.05, 4.69) is 27.7 Å². The predicted molar refractivity (Wildman–Crippen MR) is 98.1 cm³/mol. The van der Waals surface area contributed by atoms with E-state index in [1.54, 1.807) is 13.2 Å². The molecular weight excluding hydrogens is 302 g/mol. The number of para-hydroxylation sites is 2. The van der Waals surface area contributed by atoms with Gasteiger partial charge >= 0.3 is 6.03 Å². The Hall–Kier alpha value is -2.69. The number of nitrogens with one attached hydrogen (secondary N) is 2. The van der Waals surface area contributed by atoms with Crippen LogP contribution >= 0.6 is 0 Å². The molecule has 2 aromatic rings. The summed E-state index contributed by atoms with van der Waals surface area (Å²) in [5.74, 6) is 0.632. The van der Waals surface area contributed by atoms with E-state index in [4.69, 9.17) is 4.74 Å². The van der Waals surface area contributed by atoms with Crippen LogP contribution in [-0.4, -0.2) is 26.2 Å². The first-order chi connectivity index (χ1) is 11.8. The van der Waals surface area contributed by atoms with Crippen molar-refractivity contribution in [3.8, 4) is 5.75 Å². The number of anilines is 3. The molecule has 0 spiro atoms. The summed E-state index contributed by atoms with van der Waals surface area (Å²) in [4.78, 5) is 14.5. The fourth-order valence-electron chi connectivity index (χ4n) is 2.94. The van der Waals surface area contributed by atoms with Crippen molar-refractivity contribution in [2.45, 2.75) is 19.3 Å². The Balaban J connectivity index is 1.60. The predicted octanol–water partition coefficient (Wildman–Crippen LogP) is 4.33. The lowest BCUT2D eigenvalue weighted by molar-refractivity contribution is 0.262. The molecule has 1 aliphatic heterocycles. The maximum Gasteiger partial charge on any atom is 0.323 e. The van der Waals surface area contributed by atoms with Gasteiger partial charge in [-0.3, -0.25) is 0 Å². The molecule has 2 aromatic carbocycles.